The summed E-state index contributed by atoms with van der Waals surface area (Å²) in [5, 5.41) is 2.59. The molecule has 0 saturated heterocycles. The summed E-state index contributed by atoms with van der Waals surface area (Å²) in [7, 11) is 0. The number of anilines is 1. The lowest BCUT2D eigenvalue weighted by molar-refractivity contribution is -0.116. The van der Waals surface area contributed by atoms with Crippen molar-refractivity contribution in [3.8, 4) is 11.4 Å². The molecule has 0 atom stereocenters. The van der Waals surface area contributed by atoms with Gasteiger partial charge in [-0.2, -0.15) is 0 Å². The molecule has 4 rings (SSSR count). The van der Waals surface area contributed by atoms with Crippen LogP contribution in [-0.4, -0.2) is 33.4 Å². The molecule has 0 fully saturated rings. The summed E-state index contributed by atoms with van der Waals surface area (Å²) in [6.07, 6.45) is 0.694. The number of fused-ring (bicyclic) bond motifs is 1. The molecule has 0 bridgehead atoms. The number of rotatable bonds is 5. The van der Waals surface area contributed by atoms with E-state index in [1.165, 1.54) is 22.8 Å². The first kappa shape index (κ1) is 21.2. The number of halogens is 2. The van der Waals surface area contributed by atoms with Crippen LogP contribution in [0.1, 0.15) is 18.2 Å². The van der Waals surface area contributed by atoms with Crippen LogP contribution < -0.4 is 10.9 Å². The van der Waals surface area contributed by atoms with E-state index in [4.69, 9.17) is 16.6 Å². The zero-order chi connectivity index (χ0) is 22.0. The topological polar surface area (TPSA) is 67.2 Å². The molecule has 0 aliphatic carbocycles. The molecule has 0 radical (unpaired) electrons. The molecule has 1 amide bonds. The van der Waals surface area contributed by atoms with Crippen LogP contribution in [0, 0.1) is 5.82 Å². The molecule has 0 saturated carbocycles. The van der Waals surface area contributed by atoms with Crippen molar-refractivity contribution in [3.63, 3.8) is 0 Å². The second-order valence-corrected chi connectivity index (χ2v) is 7.82. The number of aromatic nitrogens is 2. The van der Waals surface area contributed by atoms with Gasteiger partial charge in [-0.25, -0.2) is 9.37 Å². The average molecular weight is 441 g/mol. The van der Waals surface area contributed by atoms with Crippen molar-refractivity contribution in [1.29, 1.82) is 0 Å². The molecule has 8 heteroatoms. The Hall–Kier alpha value is -3.03. The number of likely N-dealkylation sites (N-methyl/N-ethyl adjacent to an activating group) is 1. The zero-order valence-electron chi connectivity index (χ0n) is 17.1. The Bertz CT molecular complexity index is 1180. The van der Waals surface area contributed by atoms with E-state index in [1.807, 2.05) is 30.3 Å². The normalized spacial score (nSPS) is 13.6. The predicted octanol–water partition coefficient (Wildman–Crippen LogP) is 3.72. The zero-order valence-corrected chi connectivity index (χ0v) is 17.8. The Morgan fingerprint density at radius 2 is 2.00 bits per heavy atom. The van der Waals surface area contributed by atoms with Crippen LogP contribution in [0.4, 0.5) is 10.1 Å². The molecular formula is C23H22ClFN4O2. The Morgan fingerprint density at radius 1 is 1.23 bits per heavy atom. The molecule has 0 spiro atoms. The SMILES string of the molecule is CCN1CCc2nc(-c3ccccc3)n(CC(=O)Nc3ccc(F)c(Cl)c3)c(=O)c2C1. The lowest BCUT2D eigenvalue weighted by atomic mass is 10.1. The van der Waals surface area contributed by atoms with Crippen molar-refractivity contribution in [2.45, 2.75) is 26.4 Å². The first-order valence-corrected chi connectivity index (χ1v) is 10.5. The maximum Gasteiger partial charge on any atom is 0.259 e. The van der Waals surface area contributed by atoms with E-state index in [0.29, 0.717) is 30.0 Å². The minimum atomic E-state index is -0.568. The van der Waals surface area contributed by atoms with Crippen LogP contribution in [0.15, 0.2) is 53.3 Å². The summed E-state index contributed by atoms with van der Waals surface area (Å²) >= 11 is 5.80. The molecule has 31 heavy (non-hydrogen) atoms. The second kappa shape index (κ2) is 8.99. The highest BCUT2D eigenvalue weighted by atomic mass is 35.5. The molecule has 2 aromatic carbocycles. The van der Waals surface area contributed by atoms with Crippen LogP contribution >= 0.6 is 11.6 Å². The largest absolute Gasteiger partial charge is 0.324 e. The fourth-order valence-electron chi connectivity index (χ4n) is 3.71. The number of hydrogen-bond donors (Lipinski definition) is 1. The summed E-state index contributed by atoms with van der Waals surface area (Å²) in [5.74, 6) is -0.532. The first-order chi connectivity index (χ1) is 15.0. The molecule has 160 valence electrons. The Balaban J connectivity index is 1.71. The quantitative estimate of drug-likeness (QED) is 0.656. The van der Waals surface area contributed by atoms with E-state index in [0.717, 1.165) is 24.3 Å². The molecule has 3 aromatic rings. The van der Waals surface area contributed by atoms with Gasteiger partial charge in [-0.05, 0) is 24.7 Å². The molecule has 1 N–H and O–H groups in total. The Kier molecular flexibility index (Phi) is 6.15. The summed E-state index contributed by atoms with van der Waals surface area (Å²) < 4.78 is 14.8. The van der Waals surface area contributed by atoms with Gasteiger partial charge < -0.3 is 5.32 Å². The minimum Gasteiger partial charge on any atom is -0.324 e. The van der Waals surface area contributed by atoms with Gasteiger partial charge in [0.25, 0.3) is 5.56 Å². The lowest BCUT2D eigenvalue weighted by Crippen LogP contribution is -2.39. The average Bonchev–Trinajstić information content (AvgIpc) is 2.78. The van der Waals surface area contributed by atoms with Gasteiger partial charge in [0.2, 0.25) is 5.91 Å². The van der Waals surface area contributed by atoms with Gasteiger partial charge in [-0.3, -0.25) is 19.1 Å². The van der Waals surface area contributed by atoms with E-state index in [9.17, 15) is 14.0 Å². The van der Waals surface area contributed by atoms with Crippen LogP contribution in [0.5, 0.6) is 0 Å². The molecule has 2 heterocycles. The fourth-order valence-corrected chi connectivity index (χ4v) is 3.89. The van der Waals surface area contributed by atoms with Gasteiger partial charge in [-0.1, -0.05) is 48.9 Å². The second-order valence-electron chi connectivity index (χ2n) is 7.41. The maximum absolute atomic E-state index is 13.4. The standard InChI is InChI=1S/C23H22ClFN4O2/c1-2-28-11-10-20-17(13-28)23(31)29(22(27-20)15-6-4-3-5-7-15)14-21(30)26-16-8-9-19(25)18(24)12-16/h3-9,12H,2,10-11,13-14H2,1H3,(H,26,30). The highest BCUT2D eigenvalue weighted by Crippen LogP contribution is 2.22. The van der Waals surface area contributed by atoms with Crippen molar-refractivity contribution in [1.82, 2.24) is 14.5 Å². The van der Waals surface area contributed by atoms with Gasteiger partial charge >= 0.3 is 0 Å². The fraction of sp³-hybridized carbons (Fsp3) is 0.261. The predicted molar refractivity (Wildman–Crippen MR) is 119 cm³/mol. The van der Waals surface area contributed by atoms with Crippen molar-refractivity contribution in [2.24, 2.45) is 0 Å². The number of amides is 1. The maximum atomic E-state index is 13.4. The summed E-state index contributed by atoms with van der Waals surface area (Å²) in [4.78, 5) is 33.1. The third-order valence-electron chi connectivity index (χ3n) is 5.38. The Morgan fingerprint density at radius 3 is 2.71 bits per heavy atom. The molecule has 1 aliphatic rings. The van der Waals surface area contributed by atoms with E-state index in [1.54, 1.807) is 0 Å². The van der Waals surface area contributed by atoms with Crippen molar-refractivity contribution < 1.29 is 9.18 Å². The van der Waals surface area contributed by atoms with Crippen LogP contribution in [-0.2, 0) is 24.3 Å². The van der Waals surface area contributed by atoms with Gasteiger partial charge in [0.15, 0.2) is 0 Å². The lowest BCUT2D eigenvalue weighted by Gasteiger charge is -2.27. The van der Waals surface area contributed by atoms with Crippen molar-refractivity contribution in [2.75, 3.05) is 18.4 Å². The highest BCUT2D eigenvalue weighted by molar-refractivity contribution is 6.31. The number of hydrogen-bond acceptors (Lipinski definition) is 4. The number of benzene rings is 2. The third kappa shape index (κ3) is 4.52. The molecule has 1 aliphatic heterocycles. The molecular weight excluding hydrogens is 419 g/mol. The minimum absolute atomic E-state index is 0.0879. The molecule has 0 unspecified atom stereocenters. The number of nitrogens with zero attached hydrogens (tertiary/aromatic N) is 3. The highest BCUT2D eigenvalue weighted by Gasteiger charge is 2.24. The van der Waals surface area contributed by atoms with E-state index < -0.39 is 11.7 Å². The number of carbonyl (C=O) groups excluding carboxylic acids is 1. The third-order valence-corrected chi connectivity index (χ3v) is 5.67. The summed E-state index contributed by atoms with van der Waals surface area (Å²) in [5.41, 5.74) is 2.32. The monoisotopic (exact) mass is 440 g/mol. The summed E-state index contributed by atoms with van der Waals surface area (Å²) in [6, 6.07) is 13.3. The van der Waals surface area contributed by atoms with Gasteiger partial charge in [-0.15, -0.1) is 0 Å². The number of carbonyl (C=O) groups is 1. The first-order valence-electron chi connectivity index (χ1n) is 10.1. The Labute approximate surface area is 184 Å². The van der Waals surface area contributed by atoms with Gasteiger partial charge in [0, 0.05) is 30.8 Å². The summed E-state index contributed by atoms with van der Waals surface area (Å²) in [6.45, 7) is 4.04. The molecule has 1 aromatic heterocycles. The van der Waals surface area contributed by atoms with Crippen molar-refractivity contribution >= 4 is 23.2 Å². The van der Waals surface area contributed by atoms with E-state index in [2.05, 4.69) is 17.1 Å². The van der Waals surface area contributed by atoms with Crippen LogP contribution in [0.2, 0.25) is 5.02 Å². The smallest absolute Gasteiger partial charge is 0.259 e. The number of nitrogens with one attached hydrogen (secondary N) is 1. The van der Waals surface area contributed by atoms with Crippen molar-refractivity contribution in [3.05, 3.63) is 81.0 Å². The van der Waals surface area contributed by atoms with Crippen LogP contribution in [0.25, 0.3) is 11.4 Å². The van der Waals surface area contributed by atoms with Gasteiger partial charge in [0.1, 0.15) is 18.2 Å². The van der Waals surface area contributed by atoms with E-state index in [-0.39, 0.29) is 17.1 Å². The van der Waals surface area contributed by atoms with Gasteiger partial charge in [0.05, 0.1) is 16.3 Å². The van der Waals surface area contributed by atoms with E-state index >= 15 is 0 Å². The molecule has 6 nitrogen and oxygen atoms in total. The van der Waals surface area contributed by atoms with Crippen LogP contribution in [0.3, 0.4) is 0 Å².